The van der Waals surface area contributed by atoms with Gasteiger partial charge >= 0.3 is 5.97 Å². The van der Waals surface area contributed by atoms with Crippen molar-refractivity contribution in [3.05, 3.63) is 101 Å². The summed E-state index contributed by atoms with van der Waals surface area (Å²) in [6, 6.07) is 6.92. The van der Waals surface area contributed by atoms with Gasteiger partial charge in [-0.2, -0.15) is 0 Å². The molecule has 0 aliphatic carbocycles. The molecule has 6 aromatic rings. The van der Waals surface area contributed by atoms with Gasteiger partial charge in [-0.05, 0) is 69.9 Å². The Hall–Kier alpha value is -6.77. The normalized spacial score (nSPS) is 11.0. The second kappa shape index (κ2) is 22.4. The van der Waals surface area contributed by atoms with Crippen LogP contribution in [-0.4, -0.2) is 65.4 Å². The number of hydrogen-bond donors (Lipinski definition) is 2. The molecule has 0 amide bonds. The number of carboxylic acid groups (broad SMARTS) is 1. The Morgan fingerprint density at radius 2 is 1.35 bits per heavy atom. The first-order chi connectivity index (χ1) is 30.1. The van der Waals surface area contributed by atoms with Crippen LogP contribution in [0.2, 0.25) is 0 Å². The van der Waals surface area contributed by atoms with Crippen LogP contribution in [0.1, 0.15) is 129 Å². The number of aryl methyl sites for hydroxylation is 5. The van der Waals surface area contributed by atoms with Crippen LogP contribution in [0.3, 0.4) is 0 Å². The number of nitrogens with zero attached hydrogens (tertiary/aromatic N) is 6. The Morgan fingerprint density at radius 3 is 1.90 bits per heavy atom. The summed E-state index contributed by atoms with van der Waals surface area (Å²) >= 11 is 0. The summed E-state index contributed by atoms with van der Waals surface area (Å²) in [5, 5.41) is 12.4. The molecule has 6 rings (SSSR count). The molecule has 2 N–H and O–H groups in total. The molecule has 15 heteroatoms. The van der Waals surface area contributed by atoms with E-state index >= 15 is 0 Å². The lowest BCUT2D eigenvalue weighted by Crippen LogP contribution is -2.08. The van der Waals surface area contributed by atoms with Gasteiger partial charge in [0.05, 0.1) is 41.8 Å². The van der Waals surface area contributed by atoms with Gasteiger partial charge in [0, 0.05) is 50.9 Å². The van der Waals surface area contributed by atoms with Crippen molar-refractivity contribution in [3.8, 4) is 11.5 Å². The molecule has 63 heavy (non-hydrogen) atoms. The van der Waals surface area contributed by atoms with Crippen molar-refractivity contribution in [1.29, 1.82) is 0 Å². The third-order valence-electron chi connectivity index (χ3n) is 9.81. The van der Waals surface area contributed by atoms with Gasteiger partial charge in [-0.1, -0.05) is 59.9 Å². The number of methoxy groups -OCH3 is 1. The minimum atomic E-state index is -0.918. The van der Waals surface area contributed by atoms with Crippen molar-refractivity contribution in [2.24, 2.45) is 0 Å². The predicted octanol–water partition coefficient (Wildman–Crippen LogP) is 10.5. The molecule has 4 aromatic heterocycles. The van der Waals surface area contributed by atoms with E-state index in [1.807, 2.05) is 69.8 Å². The Balaban J connectivity index is 0.000000578. The number of nitrogens with one attached hydrogen (secondary N) is 1. The second-order valence-corrected chi connectivity index (χ2v) is 14.5. The average molecular weight is 864 g/mol. The van der Waals surface area contributed by atoms with E-state index < -0.39 is 5.97 Å². The van der Waals surface area contributed by atoms with Crippen LogP contribution >= 0.6 is 0 Å². The standard InChI is InChI=1S/C37H42N6O7.C9H13NO.C2H6/c1-8-27-36(50-24(6)40-27)21(3)38-37-41-29-17-25(22(4)44)19-32(49-16-12-13-33(46)47)35(29)43(37)15-11-10-14-42-23(5)39-28-18-26(30(45)9-2)20-31(48-7)34(28)42;1-5-8-9(6(2)3)11-7(4)10-8;1-2/h10-11,17-20H,3,8-9,12-16H2,1-2,4-7H3,(H,38,41)(H,46,47);2,5H2,1,3-4H3;1-2H3/b11-10+;;. The zero-order valence-corrected chi connectivity index (χ0v) is 38.5. The summed E-state index contributed by atoms with van der Waals surface area (Å²) in [6.45, 7) is 27.7. The van der Waals surface area contributed by atoms with Crippen LogP contribution < -0.4 is 14.8 Å². The zero-order chi connectivity index (χ0) is 46.5. The summed E-state index contributed by atoms with van der Waals surface area (Å²) in [5.41, 5.74) is 6.75. The molecule has 336 valence electrons. The summed E-state index contributed by atoms with van der Waals surface area (Å²) in [7, 11) is 1.58. The van der Waals surface area contributed by atoms with E-state index in [9.17, 15) is 14.4 Å². The van der Waals surface area contributed by atoms with E-state index in [2.05, 4.69) is 35.4 Å². The third-order valence-corrected chi connectivity index (χ3v) is 9.81. The molecular weight excluding hydrogens is 803 g/mol. The minimum Gasteiger partial charge on any atom is -0.494 e. The average Bonchev–Trinajstić information content (AvgIpc) is 4.02. The smallest absolute Gasteiger partial charge is 0.303 e. The quantitative estimate of drug-likeness (QED) is 0.0445. The molecule has 0 fully saturated rings. The molecular formula is C48H61N7O8. The molecule has 0 aliphatic rings. The van der Waals surface area contributed by atoms with Crippen LogP contribution in [0, 0.1) is 20.8 Å². The lowest BCUT2D eigenvalue weighted by molar-refractivity contribution is -0.137. The highest BCUT2D eigenvalue weighted by Gasteiger charge is 2.21. The van der Waals surface area contributed by atoms with Gasteiger partial charge in [-0.25, -0.2) is 19.9 Å². The molecule has 15 nitrogen and oxygen atoms in total. The summed E-state index contributed by atoms with van der Waals surface area (Å²) in [4.78, 5) is 54.3. The zero-order valence-electron chi connectivity index (χ0n) is 38.5. The number of carboxylic acids is 1. The molecule has 0 saturated carbocycles. The van der Waals surface area contributed by atoms with E-state index in [4.69, 9.17) is 33.4 Å². The molecule has 4 heterocycles. The Labute approximate surface area is 368 Å². The lowest BCUT2D eigenvalue weighted by atomic mass is 10.1. The lowest BCUT2D eigenvalue weighted by Gasteiger charge is -2.13. The number of ether oxygens (including phenoxy) is 2. The van der Waals surface area contributed by atoms with Gasteiger partial charge in [0.2, 0.25) is 5.95 Å². The number of anilines is 1. The van der Waals surface area contributed by atoms with Crippen LogP contribution in [0.5, 0.6) is 11.5 Å². The maximum absolute atomic E-state index is 12.5. The number of benzene rings is 2. The van der Waals surface area contributed by atoms with E-state index in [0.717, 1.165) is 46.4 Å². The van der Waals surface area contributed by atoms with Gasteiger partial charge in [-0.3, -0.25) is 14.4 Å². The van der Waals surface area contributed by atoms with E-state index in [1.54, 1.807) is 38.3 Å². The number of carbonyl (C=O) groups excluding carboxylic acids is 2. The molecule has 0 bridgehead atoms. The predicted molar refractivity (Wildman–Crippen MR) is 247 cm³/mol. The molecule has 2 aromatic carbocycles. The number of Topliss-reactive ketones (excluding diaryl/α,β-unsaturated/α-hetero) is 2. The van der Waals surface area contributed by atoms with Crippen molar-refractivity contribution in [3.63, 3.8) is 0 Å². The number of allylic oxidation sites excluding steroid dienone is 3. The first-order valence-electron chi connectivity index (χ1n) is 21.3. The van der Waals surface area contributed by atoms with Crippen LogP contribution in [-0.2, 0) is 30.7 Å². The Morgan fingerprint density at radius 1 is 0.794 bits per heavy atom. The molecule has 0 atom stereocenters. The number of aliphatic carboxylic acids is 1. The third kappa shape index (κ3) is 11.8. The fraction of sp³-hybridized carbons (Fsp3) is 0.396. The fourth-order valence-electron chi connectivity index (χ4n) is 6.85. The van der Waals surface area contributed by atoms with Crippen molar-refractivity contribution < 1.29 is 37.8 Å². The van der Waals surface area contributed by atoms with Crippen molar-refractivity contribution in [1.82, 2.24) is 29.1 Å². The minimum absolute atomic E-state index is 0.0157. The number of oxazole rings is 2. The van der Waals surface area contributed by atoms with Gasteiger partial charge in [0.1, 0.15) is 28.4 Å². The van der Waals surface area contributed by atoms with Gasteiger partial charge in [-0.15, -0.1) is 0 Å². The van der Waals surface area contributed by atoms with E-state index in [-0.39, 0.29) is 31.0 Å². The first kappa shape index (κ1) is 48.9. The number of aromatic nitrogens is 6. The Bertz CT molecular complexity index is 2640. The molecule has 0 radical (unpaired) electrons. The van der Waals surface area contributed by atoms with Crippen LogP contribution in [0.4, 0.5) is 5.95 Å². The highest BCUT2D eigenvalue weighted by molar-refractivity contribution is 6.01. The number of ketones is 2. The topological polar surface area (TPSA) is 190 Å². The molecule has 0 spiro atoms. The summed E-state index contributed by atoms with van der Waals surface area (Å²) in [5.74, 6) is 3.72. The SMILES string of the molecule is C=C(C)c1oc(C)nc1CC.C=C(Nc1nc2cc(C(C)=O)cc(OCCCC(=O)O)c2n1C/C=C/Cn1c(C)nc2cc(C(=O)CC)cc(OC)c21)c1oc(C)nc1CC.CC. The maximum Gasteiger partial charge on any atom is 0.303 e. The van der Waals surface area contributed by atoms with Crippen LogP contribution in [0.15, 0.2) is 58.4 Å². The largest absolute Gasteiger partial charge is 0.494 e. The van der Waals surface area contributed by atoms with E-state index in [0.29, 0.717) is 88.4 Å². The molecule has 0 saturated heterocycles. The monoisotopic (exact) mass is 863 g/mol. The fourth-order valence-corrected chi connectivity index (χ4v) is 6.85. The highest BCUT2D eigenvalue weighted by atomic mass is 16.5. The molecule has 0 unspecified atom stereocenters. The summed E-state index contributed by atoms with van der Waals surface area (Å²) < 4.78 is 26.9. The number of fused-ring (bicyclic) bond motifs is 2. The van der Waals surface area contributed by atoms with Gasteiger partial charge < -0.3 is 37.9 Å². The van der Waals surface area contributed by atoms with Crippen LogP contribution in [0.25, 0.3) is 33.3 Å². The maximum atomic E-state index is 12.5. The van der Waals surface area contributed by atoms with Crippen molar-refractivity contribution in [2.75, 3.05) is 19.0 Å². The second-order valence-electron chi connectivity index (χ2n) is 14.5. The van der Waals surface area contributed by atoms with Crippen molar-refractivity contribution >= 4 is 56.8 Å². The Kier molecular flexibility index (Phi) is 17.4. The number of imidazole rings is 2. The van der Waals surface area contributed by atoms with Gasteiger partial charge in [0.15, 0.2) is 34.9 Å². The first-order valence-corrected chi connectivity index (χ1v) is 21.3. The van der Waals surface area contributed by atoms with E-state index in [1.165, 1.54) is 6.92 Å². The number of rotatable bonds is 19. The van der Waals surface area contributed by atoms with Gasteiger partial charge in [0.25, 0.3) is 0 Å². The number of carbonyl (C=O) groups is 3. The number of hydrogen-bond acceptors (Lipinski definition) is 12. The summed E-state index contributed by atoms with van der Waals surface area (Å²) in [6.07, 6.45) is 6.14. The highest BCUT2D eigenvalue weighted by Crippen LogP contribution is 2.34. The van der Waals surface area contributed by atoms with Crippen molar-refractivity contribution in [2.45, 2.75) is 114 Å². The molecule has 0 aliphatic heterocycles.